The van der Waals surface area contributed by atoms with Crippen LogP contribution in [0.15, 0.2) is 22.6 Å². The maximum Gasteiger partial charge on any atom is 0.271 e. The first kappa shape index (κ1) is 15.0. The van der Waals surface area contributed by atoms with Crippen LogP contribution >= 0.6 is 11.3 Å². The molecule has 124 valence electrons. The van der Waals surface area contributed by atoms with E-state index >= 15 is 0 Å². The summed E-state index contributed by atoms with van der Waals surface area (Å²) < 4.78 is 1.95. The number of rotatable bonds is 3. The number of hydrogen-bond acceptors (Lipinski definition) is 6. The highest BCUT2D eigenvalue weighted by atomic mass is 32.1. The lowest BCUT2D eigenvalue weighted by Gasteiger charge is -2.22. The Hall–Kier alpha value is -2.55. The molecule has 1 amide bonds. The molecule has 4 rings (SSSR count). The number of carbonyl (C=O) groups excluding carboxylic acids is 1. The predicted octanol–water partition coefficient (Wildman–Crippen LogP) is 1.25. The van der Waals surface area contributed by atoms with Gasteiger partial charge in [0, 0.05) is 6.54 Å². The number of aryl methyl sites for hydroxylation is 1. The molecule has 1 aliphatic rings. The van der Waals surface area contributed by atoms with Crippen LogP contribution in [0.4, 0.5) is 0 Å². The van der Waals surface area contributed by atoms with Crippen molar-refractivity contribution in [2.24, 2.45) is 0 Å². The minimum Gasteiger partial charge on any atom is -0.331 e. The first-order chi connectivity index (χ1) is 11.6. The lowest BCUT2D eigenvalue weighted by Crippen LogP contribution is -2.36. The zero-order chi connectivity index (χ0) is 16.7. The van der Waals surface area contributed by atoms with Gasteiger partial charge in [0.05, 0.1) is 17.9 Å². The molecule has 0 spiro atoms. The summed E-state index contributed by atoms with van der Waals surface area (Å²) in [5.41, 5.74) is 0.497. The summed E-state index contributed by atoms with van der Waals surface area (Å²) in [6, 6.07) is 1.67. The molecule has 4 heterocycles. The van der Waals surface area contributed by atoms with Crippen molar-refractivity contribution in [1.29, 1.82) is 0 Å². The van der Waals surface area contributed by atoms with Gasteiger partial charge in [-0.25, -0.2) is 9.97 Å². The van der Waals surface area contributed by atoms with E-state index in [9.17, 15) is 9.59 Å². The molecule has 0 saturated carbocycles. The van der Waals surface area contributed by atoms with E-state index < -0.39 is 0 Å². The van der Waals surface area contributed by atoms with E-state index in [1.165, 1.54) is 22.2 Å². The Morgan fingerprint density at radius 1 is 1.50 bits per heavy atom. The third-order valence-corrected chi connectivity index (χ3v) is 5.12. The highest BCUT2D eigenvalue weighted by Crippen LogP contribution is 2.29. The molecule has 0 aromatic carbocycles. The fourth-order valence-electron chi connectivity index (χ4n) is 3.07. The molecule has 0 radical (unpaired) electrons. The molecule has 1 N–H and O–H groups in total. The summed E-state index contributed by atoms with van der Waals surface area (Å²) in [4.78, 5) is 35.5. The van der Waals surface area contributed by atoms with Crippen LogP contribution in [-0.2, 0) is 11.3 Å². The Bertz CT molecular complexity index is 958. The van der Waals surface area contributed by atoms with Crippen molar-refractivity contribution in [2.45, 2.75) is 32.4 Å². The van der Waals surface area contributed by atoms with Crippen molar-refractivity contribution in [2.75, 3.05) is 6.54 Å². The number of aromatic nitrogens is 5. The van der Waals surface area contributed by atoms with E-state index in [0.717, 1.165) is 18.7 Å². The lowest BCUT2D eigenvalue weighted by molar-refractivity contribution is -0.133. The molecule has 0 bridgehead atoms. The van der Waals surface area contributed by atoms with Crippen LogP contribution in [0.1, 0.15) is 30.5 Å². The second-order valence-corrected chi connectivity index (χ2v) is 6.75. The third-order valence-electron chi connectivity index (χ3n) is 4.23. The SMILES string of the molecule is Cc1nc(C2CCCN2C(=O)Cn2cnc3ccsc3c2=O)n[nH]1. The number of H-pyrrole nitrogens is 1. The molecule has 1 unspecified atom stereocenters. The average Bonchev–Trinajstić information content (AvgIpc) is 3.28. The summed E-state index contributed by atoms with van der Waals surface area (Å²) in [6.07, 6.45) is 3.18. The van der Waals surface area contributed by atoms with Gasteiger partial charge in [0.25, 0.3) is 5.56 Å². The Labute approximate surface area is 141 Å². The number of hydrogen-bond donors (Lipinski definition) is 1. The molecule has 3 aromatic heterocycles. The molecule has 0 aliphatic carbocycles. The molecule has 24 heavy (non-hydrogen) atoms. The highest BCUT2D eigenvalue weighted by molar-refractivity contribution is 7.17. The van der Waals surface area contributed by atoms with Gasteiger partial charge in [-0.15, -0.1) is 11.3 Å². The Kier molecular flexibility index (Phi) is 3.64. The summed E-state index contributed by atoms with van der Waals surface area (Å²) >= 11 is 1.34. The van der Waals surface area contributed by atoms with Crippen LogP contribution in [0.25, 0.3) is 10.2 Å². The van der Waals surface area contributed by atoms with Gasteiger partial charge >= 0.3 is 0 Å². The maximum absolute atomic E-state index is 12.7. The van der Waals surface area contributed by atoms with Gasteiger partial charge in [0.15, 0.2) is 5.82 Å². The molecule has 9 heteroatoms. The van der Waals surface area contributed by atoms with Gasteiger partial charge in [-0.2, -0.15) is 5.10 Å². The number of fused-ring (bicyclic) bond motifs is 1. The maximum atomic E-state index is 12.7. The highest BCUT2D eigenvalue weighted by Gasteiger charge is 2.32. The second-order valence-electron chi connectivity index (χ2n) is 5.84. The standard InChI is InChI=1S/C15H16N6O2S/c1-9-17-14(19-18-9)11-3-2-5-21(11)12(22)7-20-8-16-10-4-6-24-13(10)15(20)23/h4,6,8,11H,2-3,5,7H2,1H3,(H,17,18,19). The number of amides is 1. The molecule has 8 nitrogen and oxygen atoms in total. The number of aromatic amines is 1. The number of likely N-dealkylation sites (tertiary alicyclic amines) is 1. The van der Waals surface area contributed by atoms with Crippen LogP contribution in [0.2, 0.25) is 0 Å². The summed E-state index contributed by atoms with van der Waals surface area (Å²) in [6.45, 7) is 2.47. The normalized spacial score (nSPS) is 17.7. The van der Waals surface area contributed by atoms with E-state index in [4.69, 9.17) is 0 Å². The number of nitrogens with zero attached hydrogens (tertiary/aromatic N) is 5. The monoisotopic (exact) mass is 344 g/mol. The smallest absolute Gasteiger partial charge is 0.271 e. The molecule has 1 atom stereocenters. The molecule has 1 saturated heterocycles. The fraction of sp³-hybridized carbons (Fsp3) is 0.400. The predicted molar refractivity (Wildman–Crippen MR) is 88.7 cm³/mol. The van der Waals surface area contributed by atoms with E-state index in [1.807, 2.05) is 12.3 Å². The average molecular weight is 344 g/mol. The largest absolute Gasteiger partial charge is 0.331 e. The third kappa shape index (κ3) is 2.50. The van der Waals surface area contributed by atoms with Gasteiger partial charge < -0.3 is 4.90 Å². The fourth-order valence-corrected chi connectivity index (χ4v) is 3.86. The van der Waals surface area contributed by atoms with Crippen molar-refractivity contribution < 1.29 is 4.79 Å². The van der Waals surface area contributed by atoms with E-state index in [0.29, 0.717) is 22.6 Å². The topological polar surface area (TPSA) is 96.8 Å². The summed E-state index contributed by atoms with van der Waals surface area (Å²) in [5.74, 6) is 1.25. The molecule has 1 fully saturated rings. The van der Waals surface area contributed by atoms with Crippen LogP contribution in [0, 0.1) is 6.92 Å². The van der Waals surface area contributed by atoms with E-state index in [1.54, 1.807) is 11.0 Å². The zero-order valence-corrected chi connectivity index (χ0v) is 13.9. The second kappa shape index (κ2) is 5.82. The van der Waals surface area contributed by atoms with Crippen molar-refractivity contribution in [3.63, 3.8) is 0 Å². The molecular weight excluding hydrogens is 328 g/mol. The zero-order valence-electron chi connectivity index (χ0n) is 13.1. The van der Waals surface area contributed by atoms with Gasteiger partial charge in [-0.1, -0.05) is 0 Å². The molecule has 1 aliphatic heterocycles. The van der Waals surface area contributed by atoms with Gasteiger partial charge in [-0.3, -0.25) is 19.3 Å². The summed E-state index contributed by atoms with van der Waals surface area (Å²) in [7, 11) is 0. The Morgan fingerprint density at radius 3 is 3.17 bits per heavy atom. The van der Waals surface area contributed by atoms with Crippen molar-refractivity contribution in [3.05, 3.63) is 39.8 Å². The number of nitrogens with one attached hydrogen (secondary N) is 1. The first-order valence-corrected chi connectivity index (χ1v) is 8.62. The van der Waals surface area contributed by atoms with Gasteiger partial charge in [0.2, 0.25) is 5.91 Å². The molecular formula is C15H16N6O2S. The van der Waals surface area contributed by atoms with Crippen LogP contribution in [0.5, 0.6) is 0 Å². The first-order valence-electron chi connectivity index (χ1n) is 7.74. The summed E-state index contributed by atoms with van der Waals surface area (Å²) in [5, 5.41) is 8.82. The van der Waals surface area contributed by atoms with Crippen LogP contribution in [-0.4, -0.2) is 42.1 Å². The minimum absolute atomic E-state index is 0.0143. The van der Waals surface area contributed by atoms with Crippen LogP contribution < -0.4 is 5.56 Å². The quantitative estimate of drug-likeness (QED) is 0.771. The van der Waals surface area contributed by atoms with Gasteiger partial charge in [0.1, 0.15) is 17.1 Å². The minimum atomic E-state index is -0.173. The van der Waals surface area contributed by atoms with E-state index in [-0.39, 0.29) is 24.1 Å². The van der Waals surface area contributed by atoms with Crippen molar-refractivity contribution in [3.8, 4) is 0 Å². The molecule has 3 aromatic rings. The van der Waals surface area contributed by atoms with Crippen molar-refractivity contribution in [1.82, 2.24) is 29.6 Å². The lowest BCUT2D eigenvalue weighted by atomic mass is 10.2. The number of carbonyl (C=O) groups is 1. The van der Waals surface area contributed by atoms with Crippen molar-refractivity contribution >= 4 is 27.5 Å². The Morgan fingerprint density at radius 2 is 2.38 bits per heavy atom. The van der Waals surface area contributed by atoms with Crippen LogP contribution in [0.3, 0.4) is 0 Å². The van der Waals surface area contributed by atoms with Gasteiger partial charge in [-0.05, 0) is 31.2 Å². The van der Waals surface area contributed by atoms with E-state index in [2.05, 4.69) is 20.2 Å². The number of thiophene rings is 1. The Balaban J connectivity index is 1.58.